The minimum Gasteiger partial charge on any atom is -0.321 e. The molecule has 0 unspecified atom stereocenters. The number of anilines is 2. The predicted molar refractivity (Wildman–Crippen MR) is 127 cm³/mol. The molecule has 2 amide bonds. The summed E-state index contributed by atoms with van der Waals surface area (Å²) in [6, 6.07) is 13.8. The summed E-state index contributed by atoms with van der Waals surface area (Å²) in [6.07, 6.45) is 1.40. The molecule has 0 aliphatic heterocycles. The van der Waals surface area contributed by atoms with Crippen molar-refractivity contribution in [2.24, 2.45) is 0 Å². The number of hydrogen-bond donors (Lipinski definition) is 2. The SMILES string of the molecule is CCCc1cc(=O)n2c(C(=O)Nc3ccc(C)cc3)c(C(=O)Nc3ccc(F)cc3)sc2n1. The van der Waals surface area contributed by atoms with Gasteiger partial charge in [0.05, 0.1) is 0 Å². The summed E-state index contributed by atoms with van der Waals surface area (Å²) in [5, 5.41) is 5.40. The van der Waals surface area contributed by atoms with E-state index in [-0.39, 0.29) is 15.5 Å². The van der Waals surface area contributed by atoms with Gasteiger partial charge in [-0.3, -0.25) is 14.4 Å². The molecule has 0 aliphatic rings. The Morgan fingerprint density at radius 3 is 2.24 bits per heavy atom. The molecule has 0 atom stereocenters. The zero-order chi connectivity index (χ0) is 23.5. The maximum absolute atomic E-state index is 13.2. The van der Waals surface area contributed by atoms with E-state index in [1.54, 1.807) is 12.1 Å². The molecule has 0 saturated carbocycles. The van der Waals surface area contributed by atoms with Crippen molar-refractivity contribution < 1.29 is 14.0 Å². The normalized spacial score (nSPS) is 10.9. The van der Waals surface area contributed by atoms with Gasteiger partial charge < -0.3 is 10.6 Å². The van der Waals surface area contributed by atoms with Crippen LogP contribution in [0.2, 0.25) is 0 Å². The molecular weight excluding hydrogens is 443 g/mol. The molecule has 2 aromatic carbocycles. The number of nitrogens with one attached hydrogen (secondary N) is 2. The average Bonchev–Trinajstić information content (AvgIpc) is 3.17. The molecule has 168 valence electrons. The van der Waals surface area contributed by atoms with Crippen molar-refractivity contribution in [3.05, 3.63) is 92.6 Å². The maximum atomic E-state index is 13.2. The lowest BCUT2D eigenvalue weighted by Crippen LogP contribution is -2.25. The average molecular weight is 465 g/mol. The van der Waals surface area contributed by atoms with Crippen molar-refractivity contribution >= 4 is 39.5 Å². The van der Waals surface area contributed by atoms with E-state index in [4.69, 9.17) is 0 Å². The molecule has 2 aromatic heterocycles. The summed E-state index contributed by atoms with van der Waals surface area (Å²) in [6.45, 7) is 3.90. The van der Waals surface area contributed by atoms with E-state index >= 15 is 0 Å². The van der Waals surface area contributed by atoms with Gasteiger partial charge in [0.2, 0.25) is 0 Å². The lowest BCUT2D eigenvalue weighted by molar-refractivity contribution is 0.0989. The third kappa shape index (κ3) is 4.83. The fourth-order valence-corrected chi connectivity index (χ4v) is 4.36. The summed E-state index contributed by atoms with van der Waals surface area (Å²) in [5.41, 5.74) is 1.97. The van der Waals surface area contributed by atoms with Crippen molar-refractivity contribution in [3.8, 4) is 0 Å². The molecule has 0 saturated heterocycles. The highest BCUT2D eigenvalue weighted by atomic mass is 32.1. The number of halogens is 1. The second-order valence-corrected chi connectivity index (χ2v) is 8.49. The molecular formula is C24H21FN4O3S. The number of nitrogens with zero attached hydrogens (tertiary/aromatic N) is 2. The van der Waals surface area contributed by atoms with E-state index in [2.05, 4.69) is 15.6 Å². The number of aryl methyl sites for hydroxylation is 2. The highest BCUT2D eigenvalue weighted by Gasteiger charge is 2.26. The lowest BCUT2D eigenvalue weighted by atomic mass is 10.2. The summed E-state index contributed by atoms with van der Waals surface area (Å²) >= 11 is 0.955. The third-order valence-electron chi connectivity index (χ3n) is 4.91. The Kier molecular flexibility index (Phi) is 6.32. The fraction of sp³-hybridized carbons (Fsp3) is 0.167. The number of thiazole rings is 1. The Balaban J connectivity index is 1.79. The van der Waals surface area contributed by atoms with Gasteiger partial charge >= 0.3 is 0 Å². The summed E-state index contributed by atoms with van der Waals surface area (Å²) in [4.78, 5) is 44.0. The molecule has 7 nitrogen and oxygen atoms in total. The van der Waals surface area contributed by atoms with Crippen molar-refractivity contribution in [1.29, 1.82) is 0 Å². The van der Waals surface area contributed by atoms with Crippen LogP contribution in [0.25, 0.3) is 4.96 Å². The topological polar surface area (TPSA) is 92.6 Å². The summed E-state index contributed by atoms with van der Waals surface area (Å²) in [7, 11) is 0. The largest absolute Gasteiger partial charge is 0.321 e. The second kappa shape index (κ2) is 9.33. The quantitative estimate of drug-likeness (QED) is 0.434. The number of benzene rings is 2. The molecule has 0 radical (unpaired) electrons. The second-order valence-electron chi connectivity index (χ2n) is 7.51. The molecule has 0 fully saturated rings. The van der Waals surface area contributed by atoms with Crippen LogP contribution in [0.3, 0.4) is 0 Å². The van der Waals surface area contributed by atoms with E-state index in [1.807, 2.05) is 26.0 Å². The standard InChI is InChI=1S/C24H21FN4O3S/c1-3-4-18-13-19(30)29-20(22(31)26-16-9-5-14(2)6-10-16)21(33-24(29)28-18)23(32)27-17-11-7-15(25)8-12-17/h5-13H,3-4H2,1-2H3,(H,26,31)(H,27,32). The van der Waals surface area contributed by atoms with Gasteiger partial charge in [0, 0.05) is 23.1 Å². The molecule has 9 heteroatoms. The molecule has 4 rings (SSSR count). The number of aromatic nitrogens is 2. The number of hydrogen-bond acceptors (Lipinski definition) is 5. The Morgan fingerprint density at radius 1 is 1.00 bits per heavy atom. The zero-order valence-electron chi connectivity index (χ0n) is 18.0. The highest BCUT2D eigenvalue weighted by molar-refractivity contribution is 7.19. The van der Waals surface area contributed by atoms with Crippen molar-refractivity contribution in [2.75, 3.05) is 10.6 Å². The number of carbonyl (C=O) groups excluding carboxylic acids is 2. The molecule has 4 aromatic rings. The predicted octanol–water partition coefficient (Wildman–Crippen LogP) is 4.66. The van der Waals surface area contributed by atoms with Crippen LogP contribution in [-0.2, 0) is 6.42 Å². The van der Waals surface area contributed by atoms with Crippen molar-refractivity contribution in [3.63, 3.8) is 0 Å². The van der Waals surface area contributed by atoms with Crippen molar-refractivity contribution in [1.82, 2.24) is 9.38 Å². The fourth-order valence-electron chi connectivity index (χ4n) is 3.31. The molecule has 33 heavy (non-hydrogen) atoms. The lowest BCUT2D eigenvalue weighted by Gasteiger charge is -2.08. The van der Waals surface area contributed by atoms with E-state index in [1.165, 1.54) is 30.3 Å². The number of fused-ring (bicyclic) bond motifs is 1. The first-order valence-electron chi connectivity index (χ1n) is 10.4. The maximum Gasteiger partial charge on any atom is 0.274 e. The van der Waals surface area contributed by atoms with Crippen LogP contribution in [0.5, 0.6) is 0 Å². The Morgan fingerprint density at radius 2 is 1.61 bits per heavy atom. The van der Waals surface area contributed by atoms with Crippen molar-refractivity contribution in [2.45, 2.75) is 26.7 Å². The highest BCUT2D eigenvalue weighted by Crippen LogP contribution is 2.24. The first-order chi connectivity index (χ1) is 15.9. The number of carbonyl (C=O) groups is 2. The van der Waals surface area contributed by atoms with Crippen LogP contribution < -0.4 is 16.2 Å². The van der Waals surface area contributed by atoms with Crippen LogP contribution in [0.1, 0.15) is 44.8 Å². The van der Waals surface area contributed by atoms with Gasteiger partial charge in [-0.05, 0) is 49.7 Å². The smallest absolute Gasteiger partial charge is 0.274 e. The van der Waals surface area contributed by atoms with Gasteiger partial charge in [0.1, 0.15) is 16.4 Å². The molecule has 2 N–H and O–H groups in total. The first-order valence-corrected chi connectivity index (χ1v) is 11.2. The van der Waals surface area contributed by atoms with Crippen LogP contribution >= 0.6 is 11.3 Å². The Labute approximate surface area is 192 Å². The van der Waals surface area contributed by atoms with Gasteiger partial charge in [-0.1, -0.05) is 42.4 Å². The van der Waals surface area contributed by atoms with Crippen LogP contribution in [0, 0.1) is 12.7 Å². The minimum atomic E-state index is -0.610. The van der Waals surface area contributed by atoms with E-state index in [0.717, 1.165) is 27.7 Å². The monoisotopic (exact) mass is 464 g/mol. The van der Waals surface area contributed by atoms with Crippen LogP contribution in [0.4, 0.5) is 15.8 Å². The van der Waals surface area contributed by atoms with Gasteiger partial charge in [0.25, 0.3) is 17.4 Å². The first kappa shape index (κ1) is 22.3. The Bertz CT molecular complexity index is 1390. The minimum absolute atomic E-state index is 0.0298. The molecule has 0 aliphatic carbocycles. The number of rotatable bonds is 6. The van der Waals surface area contributed by atoms with E-state index in [0.29, 0.717) is 23.5 Å². The molecule has 2 heterocycles. The van der Waals surface area contributed by atoms with E-state index in [9.17, 15) is 18.8 Å². The number of amides is 2. The van der Waals surface area contributed by atoms with Crippen LogP contribution in [-0.4, -0.2) is 21.2 Å². The summed E-state index contributed by atoms with van der Waals surface area (Å²) < 4.78 is 14.4. The molecule has 0 bridgehead atoms. The van der Waals surface area contributed by atoms with Gasteiger partial charge in [-0.25, -0.2) is 13.8 Å². The van der Waals surface area contributed by atoms with Gasteiger partial charge in [-0.2, -0.15) is 0 Å². The van der Waals surface area contributed by atoms with E-state index < -0.39 is 23.2 Å². The summed E-state index contributed by atoms with van der Waals surface area (Å²) in [5.74, 6) is -1.64. The van der Waals surface area contributed by atoms with Crippen LogP contribution in [0.15, 0.2) is 59.4 Å². The Hall–Kier alpha value is -3.85. The van der Waals surface area contributed by atoms with Gasteiger partial charge in [-0.15, -0.1) is 0 Å². The zero-order valence-corrected chi connectivity index (χ0v) is 18.8. The third-order valence-corrected chi connectivity index (χ3v) is 5.95. The van der Waals surface area contributed by atoms with Gasteiger partial charge in [0.15, 0.2) is 4.96 Å². The molecule has 0 spiro atoms.